The third-order valence-corrected chi connectivity index (χ3v) is 4.94. The first-order valence-corrected chi connectivity index (χ1v) is 8.91. The van der Waals surface area contributed by atoms with Crippen molar-refractivity contribution in [3.63, 3.8) is 0 Å². The second-order valence-electron chi connectivity index (χ2n) is 6.91. The van der Waals surface area contributed by atoms with Crippen LogP contribution >= 0.6 is 0 Å². The molecule has 3 rings (SSSR count). The van der Waals surface area contributed by atoms with Gasteiger partial charge in [0.15, 0.2) is 0 Å². The molecule has 1 atom stereocenters. The minimum absolute atomic E-state index is 0.0628. The van der Waals surface area contributed by atoms with Crippen LogP contribution in [-0.2, 0) is 4.79 Å². The van der Waals surface area contributed by atoms with Crippen molar-refractivity contribution in [2.24, 2.45) is 0 Å². The molecule has 0 aliphatic carbocycles. The van der Waals surface area contributed by atoms with Crippen molar-refractivity contribution in [1.82, 2.24) is 20.2 Å². The number of nitrogens with one attached hydrogen (secondary N) is 2. The molecular weight excluding hydrogens is 304 g/mol. The Morgan fingerprint density at radius 2 is 2.00 bits per heavy atom. The maximum Gasteiger partial charge on any atom is 0.237 e. The topological polar surface area (TPSA) is 73.4 Å². The molecule has 2 N–H and O–H groups in total. The van der Waals surface area contributed by atoms with Gasteiger partial charge in [0, 0.05) is 45.8 Å². The van der Waals surface area contributed by atoms with Crippen molar-refractivity contribution >= 4 is 17.5 Å². The van der Waals surface area contributed by atoms with Gasteiger partial charge in [0.1, 0.15) is 18.0 Å². The highest BCUT2D eigenvalue weighted by molar-refractivity contribution is 5.81. The van der Waals surface area contributed by atoms with Crippen LogP contribution in [0.15, 0.2) is 12.4 Å². The smallest absolute Gasteiger partial charge is 0.237 e. The van der Waals surface area contributed by atoms with E-state index in [2.05, 4.69) is 25.5 Å². The molecule has 1 unspecified atom stereocenters. The van der Waals surface area contributed by atoms with Crippen molar-refractivity contribution in [2.45, 2.75) is 44.2 Å². The molecule has 0 radical (unpaired) electrons. The number of hydrogen-bond donors (Lipinski definition) is 2. The molecule has 2 aliphatic heterocycles. The maximum atomic E-state index is 12.2. The molecule has 1 amide bonds. The van der Waals surface area contributed by atoms with Gasteiger partial charge in [-0.1, -0.05) is 0 Å². The number of amides is 1. The molecule has 24 heavy (non-hydrogen) atoms. The zero-order chi connectivity index (χ0) is 16.9. The first kappa shape index (κ1) is 17.0. The van der Waals surface area contributed by atoms with E-state index in [9.17, 15) is 4.79 Å². The second kappa shape index (κ2) is 7.79. The van der Waals surface area contributed by atoms with E-state index >= 15 is 0 Å². The standard InChI is InChI=1S/C17H28N6O/c1-22(2)16-11-15(19-12-20-16)21-13-6-9-23(10-7-13)14-5-3-4-8-18-17(14)24/h11-14H,3-10H2,1-2H3,(H,18,24)(H,19,20,21). The summed E-state index contributed by atoms with van der Waals surface area (Å²) < 4.78 is 0. The summed E-state index contributed by atoms with van der Waals surface area (Å²) in [4.78, 5) is 25.1. The molecule has 1 aromatic rings. The van der Waals surface area contributed by atoms with Crippen molar-refractivity contribution in [1.29, 1.82) is 0 Å². The summed E-state index contributed by atoms with van der Waals surface area (Å²) in [5.41, 5.74) is 0. The van der Waals surface area contributed by atoms with Gasteiger partial charge >= 0.3 is 0 Å². The van der Waals surface area contributed by atoms with Crippen LogP contribution in [0.25, 0.3) is 0 Å². The number of likely N-dealkylation sites (tertiary alicyclic amines) is 1. The maximum absolute atomic E-state index is 12.2. The minimum Gasteiger partial charge on any atom is -0.367 e. The predicted molar refractivity (Wildman–Crippen MR) is 95.2 cm³/mol. The average Bonchev–Trinajstić information content (AvgIpc) is 2.80. The van der Waals surface area contributed by atoms with E-state index in [1.165, 1.54) is 0 Å². The summed E-state index contributed by atoms with van der Waals surface area (Å²) in [7, 11) is 3.95. The number of aromatic nitrogens is 2. The van der Waals surface area contributed by atoms with Crippen LogP contribution in [0.1, 0.15) is 32.1 Å². The Morgan fingerprint density at radius 1 is 1.21 bits per heavy atom. The van der Waals surface area contributed by atoms with Crippen LogP contribution in [0.4, 0.5) is 11.6 Å². The molecule has 132 valence electrons. The SMILES string of the molecule is CN(C)c1cc(NC2CCN(C3CCCCNC3=O)CC2)ncn1. The normalized spacial score (nSPS) is 23.4. The van der Waals surface area contributed by atoms with Crippen molar-refractivity contribution in [2.75, 3.05) is 43.9 Å². The lowest BCUT2D eigenvalue weighted by Gasteiger charge is -2.36. The molecular formula is C17H28N6O. The fourth-order valence-corrected chi connectivity index (χ4v) is 3.51. The Bertz CT molecular complexity index is 556. The van der Waals surface area contributed by atoms with E-state index in [1.54, 1.807) is 6.33 Å². The van der Waals surface area contributed by atoms with E-state index in [4.69, 9.17) is 0 Å². The van der Waals surface area contributed by atoms with Crippen LogP contribution < -0.4 is 15.5 Å². The second-order valence-corrected chi connectivity index (χ2v) is 6.91. The predicted octanol–water partition coefficient (Wildman–Crippen LogP) is 1.09. The number of anilines is 2. The molecule has 1 aromatic heterocycles. The molecule has 2 fully saturated rings. The first-order chi connectivity index (χ1) is 11.6. The highest BCUT2D eigenvalue weighted by Gasteiger charge is 2.30. The molecule has 0 saturated carbocycles. The number of rotatable bonds is 4. The van der Waals surface area contributed by atoms with Gasteiger partial charge in [0.05, 0.1) is 6.04 Å². The van der Waals surface area contributed by atoms with Crippen LogP contribution in [0.2, 0.25) is 0 Å². The van der Waals surface area contributed by atoms with Gasteiger partial charge in [0.2, 0.25) is 5.91 Å². The fraction of sp³-hybridized carbons (Fsp3) is 0.706. The van der Waals surface area contributed by atoms with Crippen LogP contribution in [0.5, 0.6) is 0 Å². The summed E-state index contributed by atoms with van der Waals surface area (Å²) in [5, 5.41) is 6.56. The van der Waals surface area contributed by atoms with Gasteiger partial charge < -0.3 is 15.5 Å². The Balaban J connectivity index is 1.53. The number of nitrogens with zero attached hydrogens (tertiary/aromatic N) is 4. The molecule has 2 saturated heterocycles. The molecule has 2 aliphatic rings. The molecule has 0 aromatic carbocycles. The summed E-state index contributed by atoms with van der Waals surface area (Å²) in [6.07, 6.45) is 6.89. The van der Waals surface area contributed by atoms with Gasteiger partial charge in [-0.05, 0) is 32.1 Å². The lowest BCUT2D eigenvalue weighted by atomic mass is 10.0. The zero-order valence-corrected chi connectivity index (χ0v) is 14.7. The molecule has 7 nitrogen and oxygen atoms in total. The Morgan fingerprint density at radius 3 is 2.75 bits per heavy atom. The lowest BCUT2D eigenvalue weighted by Crippen LogP contribution is -2.50. The van der Waals surface area contributed by atoms with Gasteiger partial charge in [-0.2, -0.15) is 0 Å². The largest absolute Gasteiger partial charge is 0.367 e. The third-order valence-electron chi connectivity index (χ3n) is 4.94. The molecule has 7 heteroatoms. The van der Waals surface area contributed by atoms with Crippen molar-refractivity contribution < 1.29 is 4.79 Å². The third kappa shape index (κ3) is 4.14. The minimum atomic E-state index is 0.0628. The number of carbonyl (C=O) groups is 1. The fourth-order valence-electron chi connectivity index (χ4n) is 3.51. The molecule has 0 spiro atoms. The molecule has 0 bridgehead atoms. The summed E-state index contributed by atoms with van der Waals surface area (Å²) >= 11 is 0. The molecule has 3 heterocycles. The van der Waals surface area contributed by atoms with Crippen LogP contribution in [0, 0.1) is 0 Å². The Labute approximate surface area is 143 Å². The highest BCUT2D eigenvalue weighted by Crippen LogP contribution is 2.21. The van der Waals surface area contributed by atoms with Crippen molar-refractivity contribution in [3.05, 3.63) is 12.4 Å². The van der Waals surface area contributed by atoms with Gasteiger partial charge in [-0.3, -0.25) is 9.69 Å². The van der Waals surface area contributed by atoms with Crippen LogP contribution in [0.3, 0.4) is 0 Å². The Kier molecular flexibility index (Phi) is 5.50. The first-order valence-electron chi connectivity index (χ1n) is 8.91. The van der Waals surface area contributed by atoms with Gasteiger partial charge in [0.25, 0.3) is 0 Å². The summed E-state index contributed by atoms with van der Waals surface area (Å²) in [6, 6.07) is 2.44. The highest BCUT2D eigenvalue weighted by atomic mass is 16.2. The number of piperidine rings is 1. The zero-order valence-electron chi connectivity index (χ0n) is 14.7. The van der Waals surface area contributed by atoms with Gasteiger partial charge in [-0.15, -0.1) is 0 Å². The number of carbonyl (C=O) groups excluding carboxylic acids is 1. The summed E-state index contributed by atoms with van der Waals surface area (Å²) in [6.45, 7) is 2.75. The van der Waals surface area contributed by atoms with Crippen LogP contribution in [-0.4, -0.2) is 66.6 Å². The lowest BCUT2D eigenvalue weighted by molar-refractivity contribution is -0.126. The van der Waals surface area contributed by atoms with E-state index < -0.39 is 0 Å². The van der Waals surface area contributed by atoms with Crippen molar-refractivity contribution in [3.8, 4) is 0 Å². The van der Waals surface area contributed by atoms with E-state index in [0.29, 0.717) is 6.04 Å². The monoisotopic (exact) mass is 332 g/mol. The number of hydrogen-bond acceptors (Lipinski definition) is 6. The average molecular weight is 332 g/mol. The van der Waals surface area contributed by atoms with E-state index in [0.717, 1.165) is 63.4 Å². The van der Waals surface area contributed by atoms with E-state index in [-0.39, 0.29) is 11.9 Å². The van der Waals surface area contributed by atoms with Gasteiger partial charge in [-0.25, -0.2) is 9.97 Å². The Hall–Kier alpha value is -1.89. The van der Waals surface area contributed by atoms with E-state index in [1.807, 2.05) is 25.1 Å². The summed E-state index contributed by atoms with van der Waals surface area (Å²) in [5.74, 6) is 1.99. The quantitative estimate of drug-likeness (QED) is 0.860.